The molecule has 0 radical (unpaired) electrons. The summed E-state index contributed by atoms with van der Waals surface area (Å²) in [4.78, 5) is 10.4. The lowest BCUT2D eigenvalue weighted by Crippen LogP contribution is -2.31. The molecule has 0 unspecified atom stereocenters. The highest BCUT2D eigenvalue weighted by Crippen LogP contribution is 2.31. The molecule has 4 nitrogen and oxygen atoms in total. The van der Waals surface area contributed by atoms with E-state index in [4.69, 9.17) is 15.2 Å². The molecule has 0 spiro atoms. The second kappa shape index (κ2) is 4.76. The van der Waals surface area contributed by atoms with Gasteiger partial charge in [-0.15, -0.1) is 0 Å². The van der Waals surface area contributed by atoms with E-state index in [0.717, 1.165) is 12.1 Å². The Morgan fingerprint density at radius 3 is 2.29 bits per heavy atom. The minimum atomic E-state index is -4.74. The smallest absolute Gasteiger partial charge is 0.481 e. The van der Waals surface area contributed by atoms with Gasteiger partial charge in [-0.3, -0.25) is 4.79 Å². The van der Waals surface area contributed by atoms with Gasteiger partial charge in [0.1, 0.15) is 0 Å². The predicted octanol–water partition coefficient (Wildman–Crippen LogP) is 0.0123. The zero-order valence-corrected chi connectivity index (χ0v) is 8.40. The van der Waals surface area contributed by atoms with Crippen molar-refractivity contribution >= 4 is 18.6 Å². The molecule has 1 aromatic rings. The molecule has 0 aliphatic carbocycles. The normalized spacial score (nSPS) is 11.4. The van der Waals surface area contributed by atoms with Gasteiger partial charge in [0.15, 0.2) is 0 Å². The van der Waals surface area contributed by atoms with Crippen LogP contribution in [0.25, 0.3) is 0 Å². The molecule has 8 heteroatoms. The third-order valence-electron chi connectivity index (χ3n) is 2.08. The summed E-state index contributed by atoms with van der Waals surface area (Å²) in [7, 11) is -2.03. The summed E-state index contributed by atoms with van der Waals surface area (Å²) in [5, 5.41) is 26.0. The van der Waals surface area contributed by atoms with Crippen LogP contribution in [0, 0.1) is 0 Å². The van der Waals surface area contributed by atoms with Crippen molar-refractivity contribution in [2.75, 3.05) is 0 Å². The Hall–Kier alpha value is -1.54. The summed E-state index contributed by atoms with van der Waals surface area (Å²) in [6, 6.07) is 2.49. The first-order valence-electron chi connectivity index (χ1n) is 4.49. The van der Waals surface area contributed by atoms with E-state index in [1.165, 1.54) is 0 Å². The molecule has 0 atom stereocenters. The molecule has 0 saturated carbocycles. The average Bonchev–Trinajstić information content (AvgIpc) is 2.15. The average molecular weight is 248 g/mol. The van der Waals surface area contributed by atoms with Crippen molar-refractivity contribution in [3.05, 3.63) is 29.3 Å². The Morgan fingerprint density at radius 1 is 1.29 bits per heavy atom. The number of carboxylic acids is 1. The van der Waals surface area contributed by atoms with E-state index in [9.17, 15) is 18.0 Å². The van der Waals surface area contributed by atoms with Crippen molar-refractivity contribution in [1.82, 2.24) is 0 Å². The maximum atomic E-state index is 12.6. The zero-order valence-electron chi connectivity index (χ0n) is 8.40. The predicted molar refractivity (Wildman–Crippen MR) is 52.6 cm³/mol. The number of halogens is 3. The SMILES string of the molecule is O=C(O)Cc1ccc(B(O)O)cc1C(F)(F)F. The van der Waals surface area contributed by atoms with Crippen molar-refractivity contribution in [3.63, 3.8) is 0 Å². The first-order valence-corrected chi connectivity index (χ1v) is 4.49. The first-order chi connectivity index (χ1) is 7.71. The molecule has 17 heavy (non-hydrogen) atoms. The van der Waals surface area contributed by atoms with E-state index >= 15 is 0 Å². The number of aliphatic carboxylic acids is 1. The van der Waals surface area contributed by atoms with Crippen LogP contribution in [-0.4, -0.2) is 28.2 Å². The molecule has 0 bridgehead atoms. The maximum absolute atomic E-state index is 12.6. The largest absolute Gasteiger partial charge is 0.488 e. The van der Waals surface area contributed by atoms with Gasteiger partial charge >= 0.3 is 19.3 Å². The molecule has 0 aromatic heterocycles. The number of benzene rings is 1. The minimum Gasteiger partial charge on any atom is -0.481 e. The summed E-state index contributed by atoms with van der Waals surface area (Å²) < 4.78 is 37.8. The number of hydrogen-bond acceptors (Lipinski definition) is 3. The molecule has 0 heterocycles. The van der Waals surface area contributed by atoms with Crippen LogP contribution in [0.4, 0.5) is 13.2 Å². The van der Waals surface area contributed by atoms with Crippen LogP contribution in [0.3, 0.4) is 0 Å². The molecule has 0 fully saturated rings. The molecule has 0 aliphatic heterocycles. The second-order valence-corrected chi connectivity index (χ2v) is 3.36. The van der Waals surface area contributed by atoms with Gasteiger partial charge in [-0.05, 0) is 17.1 Å². The summed E-state index contributed by atoms with van der Waals surface area (Å²) in [6.45, 7) is 0. The monoisotopic (exact) mass is 248 g/mol. The van der Waals surface area contributed by atoms with E-state index in [2.05, 4.69) is 0 Å². The lowest BCUT2D eigenvalue weighted by atomic mass is 9.78. The lowest BCUT2D eigenvalue weighted by Gasteiger charge is -2.13. The third kappa shape index (κ3) is 3.47. The van der Waals surface area contributed by atoms with E-state index in [1.807, 2.05) is 0 Å². The summed E-state index contributed by atoms with van der Waals surface area (Å²) >= 11 is 0. The van der Waals surface area contributed by atoms with Crippen molar-refractivity contribution < 1.29 is 33.1 Å². The standard InChI is InChI=1S/C9H8BF3O4/c11-9(12,13)7-4-6(10(16)17)2-1-5(7)3-8(14)15/h1-2,4,16-17H,3H2,(H,14,15). The molecule has 92 valence electrons. The van der Waals surface area contributed by atoms with Gasteiger partial charge in [0.05, 0.1) is 12.0 Å². The van der Waals surface area contributed by atoms with Gasteiger partial charge in [-0.25, -0.2) is 0 Å². The molecular weight excluding hydrogens is 240 g/mol. The van der Waals surface area contributed by atoms with E-state index in [1.54, 1.807) is 0 Å². The van der Waals surface area contributed by atoms with Crippen LogP contribution in [0.5, 0.6) is 0 Å². The van der Waals surface area contributed by atoms with E-state index in [0.29, 0.717) is 6.07 Å². The highest BCUT2D eigenvalue weighted by molar-refractivity contribution is 6.58. The molecule has 1 rings (SSSR count). The lowest BCUT2D eigenvalue weighted by molar-refractivity contribution is -0.139. The minimum absolute atomic E-state index is 0.341. The topological polar surface area (TPSA) is 77.8 Å². The van der Waals surface area contributed by atoms with E-state index in [-0.39, 0.29) is 5.46 Å². The van der Waals surface area contributed by atoms with Crippen LogP contribution in [-0.2, 0) is 17.4 Å². The fourth-order valence-corrected chi connectivity index (χ4v) is 1.34. The fraction of sp³-hybridized carbons (Fsp3) is 0.222. The van der Waals surface area contributed by atoms with Gasteiger partial charge in [-0.1, -0.05) is 12.1 Å². The molecule has 3 N–H and O–H groups in total. The van der Waals surface area contributed by atoms with Gasteiger partial charge in [0.25, 0.3) is 0 Å². The molecular formula is C9H8BF3O4. The number of alkyl halides is 3. The number of carbonyl (C=O) groups is 1. The summed E-state index contributed by atoms with van der Waals surface area (Å²) in [5.41, 5.74) is -1.94. The number of hydrogen-bond donors (Lipinski definition) is 3. The Morgan fingerprint density at radius 2 is 1.88 bits per heavy atom. The Labute approximate surface area is 94.5 Å². The number of carboxylic acid groups (broad SMARTS) is 1. The Kier molecular flexibility index (Phi) is 3.79. The third-order valence-corrected chi connectivity index (χ3v) is 2.08. The first kappa shape index (κ1) is 13.5. The summed E-state index contributed by atoms with van der Waals surface area (Å²) in [5.74, 6) is -1.40. The highest BCUT2D eigenvalue weighted by Gasteiger charge is 2.34. The van der Waals surface area contributed by atoms with Crippen LogP contribution in [0.2, 0.25) is 0 Å². The van der Waals surface area contributed by atoms with Gasteiger partial charge in [0.2, 0.25) is 0 Å². The molecule has 0 aliphatic rings. The van der Waals surface area contributed by atoms with Crippen LogP contribution < -0.4 is 5.46 Å². The van der Waals surface area contributed by atoms with Crippen LogP contribution >= 0.6 is 0 Å². The maximum Gasteiger partial charge on any atom is 0.488 e. The molecule has 1 aromatic carbocycles. The second-order valence-electron chi connectivity index (χ2n) is 3.36. The Balaban J connectivity index is 3.27. The zero-order chi connectivity index (χ0) is 13.2. The van der Waals surface area contributed by atoms with Crippen molar-refractivity contribution in [3.8, 4) is 0 Å². The molecule has 0 saturated heterocycles. The number of rotatable bonds is 3. The van der Waals surface area contributed by atoms with Gasteiger partial charge in [0, 0.05) is 0 Å². The van der Waals surface area contributed by atoms with Gasteiger partial charge in [-0.2, -0.15) is 13.2 Å². The van der Waals surface area contributed by atoms with Crippen molar-refractivity contribution in [2.24, 2.45) is 0 Å². The highest BCUT2D eigenvalue weighted by atomic mass is 19.4. The van der Waals surface area contributed by atoms with Gasteiger partial charge < -0.3 is 15.2 Å². The van der Waals surface area contributed by atoms with Crippen LogP contribution in [0.15, 0.2) is 18.2 Å². The van der Waals surface area contributed by atoms with Crippen molar-refractivity contribution in [2.45, 2.75) is 12.6 Å². The van der Waals surface area contributed by atoms with E-state index < -0.39 is 36.8 Å². The Bertz CT molecular complexity index is 431. The molecule has 0 amide bonds. The summed E-state index contributed by atoms with van der Waals surface area (Å²) in [6.07, 6.45) is -5.52. The quantitative estimate of drug-likeness (QED) is 0.658. The van der Waals surface area contributed by atoms with Crippen LogP contribution in [0.1, 0.15) is 11.1 Å². The fourth-order valence-electron chi connectivity index (χ4n) is 1.34. The van der Waals surface area contributed by atoms with Crippen molar-refractivity contribution in [1.29, 1.82) is 0 Å².